The van der Waals surface area contributed by atoms with Crippen LogP contribution in [-0.2, 0) is 4.79 Å². The maximum Gasteiger partial charge on any atom is 0.255 e. The van der Waals surface area contributed by atoms with Crippen molar-refractivity contribution in [1.29, 1.82) is 0 Å². The van der Waals surface area contributed by atoms with E-state index in [9.17, 15) is 14.4 Å². The van der Waals surface area contributed by atoms with Gasteiger partial charge in [-0.25, -0.2) is 0 Å². The minimum absolute atomic E-state index is 0.0314. The first-order valence-electron chi connectivity index (χ1n) is 12.0. The maximum absolute atomic E-state index is 13.2. The summed E-state index contributed by atoms with van der Waals surface area (Å²) >= 11 is 0. The molecule has 3 amide bonds. The molecule has 6 nitrogen and oxygen atoms in total. The predicted octanol–water partition coefficient (Wildman–Crippen LogP) is 5.36. The minimum atomic E-state index is -0.291. The van der Waals surface area contributed by atoms with Crippen molar-refractivity contribution < 1.29 is 14.4 Å². The van der Waals surface area contributed by atoms with E-state index in [1.165, 1.54) is 0 Å². The third kappa shape index (κ3) is 5.96. The molecule has 3 aromatic rings. The number of rotatable bonds is 5. The predicted molar refractivity (Wildman–Crippen MR) is 139 cm³/mol. The van der Waals surface area contributed by atoms with Gasteiger partial charge in [0.2, 0.25) is 5.91 Å². The minimum Gasteiger partial charge on any atom is -0.338 e. The zero-order chi connectivity index (χ0) is 24.9. The summed E-state index contributed by atoms with van der Waals surface area (Å²) in [7, 11) is 0. The molecular weight excluding hydrogens is 438 g/mol. The molecule has 35 heavy (non-hydrogen) atoms. The smallest absolute Gasteiger partial charge is 0.255 e. The Hall–Kier alpha value is -3.93. The first kappa shape index (κ1) is 24.2. The van der Waals surface area contributed by atoms with Crippen molar-refractivity contribution >= 4 is 29.1 Å². The quantitative estimate of drug-likeness (QED) is 0.528. The van der Waals surface area contributed by atoms with Crippen LogP contribution in [0.4, 0.5) is 11.4 Å². The Balaban J connectivity index is 1.43. The number of nitrogens with zero attached hydrogens (tertiary/aromatic N) is 1. The van der Waals surface area contributed by atoms with Crippen LogP contribution in [-0.4, -0.2) is 35.7 Å². The second-order valence-electron chi connectivity index (χ2n) is 9.31. The highest BCUT2D eigenvalue weighted by Crippen LogP contribution is 2.25. The summed E-state index contributed by atoms with van der Waals surface area (Å²) in [5.41, 5.74) is 5.49. The Bertz CT molecular complexity index is 1230. The van der Waals surface area contributed by atoms with E-state index >= 15 is 0 Å². The fourth-order valence-corrected chi connectivity index (χ4v) is 4.52. The number of carbonyl (C=O) groups excluding carboxylic acids is 3. The molecule has 0 radical (unpaired) electrons. The number of anilines is 2. The number of piperidine rings is 1. The molecular formula is C29H31N3O3. The highest BCUT2D eigenvalue weighted by molar-refractivity contribution is 6.05. The highest BCUT2D eigenvalue weighted by Gasteiger charge is 2.29. The number of benzene rings is 3. The summed E-state index contributed by atoms with van der Waals surface area (Å²) in [6.07, 6.45) is 1.51. The molecule has 3 aromatic carbocycles. The van der Waals surface area contributed by atoms with Crippen molar-refractivity contribution in [2.45, 2.75) is 33.6 Å². The summed E-state index contributed by atoms with van der Waals surface area (Å²) in [6.45, 7) is 6.91. The lowest BCUT2D eigenvalue weighted by molar-refractivity contribution is -0.121. The Kier molecular flexibility index (Phi) is 7.30. The van der Waals surface area contributed by atoms with E-state index in [0.717, 1.165) is 29.5 Å². The van der Waals surface area contributed by atoms with Crippen molar-refractivity contribution in [1.82, 2.24) is 4.90 Å². The molecule has 2 N–H and O–H groups in total. The van der Waals surface area contributed by atoms with Crippen LogP contribution >= 0.6 is 0 Å². The van der Waals surface area contributed by atoms with Gasteiger partial charge in [0.05, 0.1) is 5.92 Å². The SMILES string of the molecule is Cc1cc(C)cc(C(=O)N2CCCC(C(=O)Nc3cc(NC(=O)c4ccccc4)ccc3C)C2)c1. The molecule has 0 saturated carbocycles. The van der Waals surface area contributed by atoms with Gasteiger partial charge in [-0.1, -0.05) is 41.5 Å². The monoisotopic (exact) mass is 469 g/mol. The normalized spacial score (nSPS) is 15.4. The third-order valence-corrected chi connectivity index (χ3v) is 6.34. The van der Waals surface area contributed by atoms with Gasteiger partial charge in [-0.2, -0.15) is 0 Å². The molecule has 0 aromatic heterocycles. The lowest BCUT2D eigenvalue weighted by atomic mass is 9.95. The average Bonchev–Trinajstić information content (AvgIpc) is 2.85. The molecule has 6 heteroatoms. The van der Waals surface area contributed by atoms with Crippen LogP contribution in [0.5, 0.6) is 0 Å². The van der Waals surface area contributed by atoms with E-state index in [-0.39, 0.29) is 23.6 Å². The number of nitrogens with one attached hydrogen (secondary N) is 2. The van der Waals surface area contributed by atoms with Gasteiger partial charge >= 0.3 is 0 Å². The van der Waals surface area contributed by atoms with Crippen molar-refractivity contribution in [3.8, 4) is 0 Å². The molecule has 0 spiro atoms. The second kappa shape index (κ2) is 10.6. The molecule has 1 heterocycles. The lowest BCUT2D eigenvalue weighted by Gasteiger charge is -2.32. The van der Waals surface area contributed by atoms with Gasteiger partial charge < -0.3 is 15.5 Å². The van der Waals surface area contributed by atoms with E-state index in [4.69, 9.17) is 0 Å². The summed E-state index contributed by atoms with van der Waals surface area (Å²) in [5, 5.41) is 5.91. The fraction of sp³-hybridized carbons (Fsp3) is 0.276. The van der Waals surface area contributed by atoms with Crippen molar-refractivity contribution in [3.05, 3.63) is 94.5 Å². The van der Waals surface area contributed by atoms with E-state index < -0.39 is 0 Å². The van der Waals surface area contributed by atoms with Crippen molar-refractivity contribution in [2.75, 3.05) is 23.7 Å². The second-order valence-corrected chi connectivity index (χ2v) is 9.31. The van der Waals surface area contributed by atoms with Crippen LogP contribution in [0.15, 0.2) is 66.7 Å². The van der Waals surface area contributed by atoms with E-state index in [1.807, 2.05) is 69.3 Å². The Morgan fingerprint density at radius 3 is 2.26 bits per heavy atom. The third-order valence-electron chi connectivity index (χ3n) is 6.34. The summed E-state index contributed by atoms with van der Waals surface area (Å²) < 4.78 is 0. The van der Waals surface area contributed by atoms with Crippen molar-refractivity contribution in [2.24, 2.45) is 5.92 Å². The van der Waals surface area contributed by atoms with Crippen LogP contribution in [0.1, 0.15) is 50.2 Å². The largest absolute Gasteiger partial charge is 0.338 e. The van der Waals surface area contributed by atoms with Crippen LogP contribution in [0.3, 0.4) is 0 Å². The Morgan fingerprint density at radius 2 is 1.54 bits per heavy atom. The molecule has 1 aliphatic rings. The number of aryl methyl sites for hydroxylation is 3. The fourth-order valence-electron chi connectivity index (χ4n) is 4.52. The molecule has 1 atom stereocenters. The molecule has 4 rings (SSSR count). The van der Waals surface area contributed by atoms with Gasteiger partial charge in [-0.05, 0) is 75.6 Å². The Morgan fingerprint density at radius 1 is 0.829 bits per heavy atom. The molecule has 1 saturated heterocycles. The molecule has 1 fully saturated rings. The first-order valence-corrected chi connectivity index (χ1v) is 12.0. The zero-order valence-corrected chi connectivity index (χ0v) is 20.4. The van der Waals surface area contributed by atoms with Crippen LogP contribution < -0.4 is 10.6 Å². The van der Waals surface area contributed by atoms with Gasteiger partial charge in [0, 0.05) is 35.6 Å². The first-order chi connectivity index (χ1) is 16.8. The molecule has 0 bridgehead atoms. The van der Waals surface area contributed by atoms with Crippen LogP contribution in [0.2, 0.25) is 0 Å². The number of hydrogen-bond donors (Lipinski definition) is 2. The Labute approximate surface area is 206 Å². The van der Waals surface area contributed by atoms with E-state index in [2.05, 4.69) is 10.6 Å². The van der Waals surface area contributed by atoms with E-state index in [0.29, 0.717) is 35.6 Å². The van der Waals surface area contributed by atoms with Crippen molar-refractivity contribution in [3.63, 3.8) is 0 Å². The standard InChI is InChI=1S/C29H31N3O3/c1-19-14-20(2)16-24(15-19)29(35)32-13-7-10-23(18-32)28(34)31-26-17-25(12-11-21(26)3)30-27(33)22-8-5-4-6-9-22/h4-6,8-9,11-12,14-17,23H,7,10,13,18H2,1-3H3,(H,30,33)(H,31,34). The average molecular weight is 470 g/mol. The van der Waals surface area contributed by atoms with Gasteiger partial charge in [-0.15, -0.1) is 0 Å². The summed E-state index contributed by atoms with van der Waals surface area (Å²) in [4.78, 5) is 40.5. The maximum atomic E-state index is 13.2. The summed E-state index contributed by atoms with van der Waals surface area (Å²) in [6, 6.07) is 20.3. The number of amides is 3. The molecule has 0 aliphatic carbocycles. The lowest BCUT2D eigenvalue weighted by Crippen LogP contribution is -2.43. The van der Waals surface area contributed by atoms with Gasteiger partial charge in [-0.3, -0.25) is 14.4 Å². The van der Waals surface area contributed by atoms with Crippen LogP contribution in [0, 0.1) is 26.7 Å². The van der Waals surface area contributed by atoms with E-state index in [1.54, 1.807) is 23.1 Å². The van der Waals surface area contributed by atoms with Gasteiger partial charge in [0.25, 0.3) is 11.8 Å². The van der Waals surface area contributed by atoms with Crippen LogP contribution in [0.25, 0.3) is 0 Å². The summed E-state index contributed by atoms with van der Waals surface area (Å²) in [5.74, 6) is -0.645. The molecule has 1 unspecified atom stereocenters. The number of carbonyl (C=O) groups is 3. The highest BCUT2D eigenvalue weighted by atomic mass is 16.2. The molecule has 180 valence electrons. The number of likely N-dealkylation sites (tertiary alicyclic amines) is 1. The number of hydrogen-bond acceptors (Lipinski definition) is 3. The molecule has 1 aliphatic heterocycles. The van der Waals surface area contributed by atoms with Gasteiger partial charge in [0.15, 0.2) is 0 Å². The zero-order valence-electron chi connectivity index (χ0n) is 20.4. The topological polar surface area (TPSA) is 78.5 Å². The van der Waals surface area contributed by atoms with Gasteiger partial charge in [0.1, 0.15) is 0 Å².